The van der Waals surface area contributed by atoms with Crippen LogP contribution in [0.25, 0.3) is 22.3 Å². The third kappa shape index (κ3) is 1.95. The largest absolute Gasteiger partial charge is 0.476 e. The average Bonchev–Trinajstić information content (AvgIpc) is 2.82. The molecule has 0 atom stereocenters. The highest BCUT2D eigenvalue weighted by atomic mass is 16.4. The monoisotopic (exact) mass is 253 g/mol. The van der Waals surface area contributed by atoms with Crippen molar-refractivity contribution in [3.63, 3.8) is 0 Å². The molecule has 3 aromatic rings. The van der Waals surface area contributed by atoms with Gasteiger partial charge < -0.3 is 10.1 Å². The minimum Gasteiger partial charge on any atom is -0.476 e. The minimum absolute atomic E-state index is 0.0174. The molecule has 0 saturated carbocycles. The van der Waals surface area contributed by atoms with Gasteiger partial charge in [0.2, 0.25) is 0 Å². The summed E-state index contributed by atoms with van der Waals surface area (Å²) in [4.78, 5) is 22.5. The molecular weight excluding hydrogens is 242 g/mol. The van der Waals surface area contributed by atoms with E-state index in [9.17, 15) is 4.79 Å². The summed E-state index contributed by atoms with van der Waals surface area (Å²) in [5.74, 6) is -1.07. The van der Waals surface area contributed by atoms with Crippen molar-refractivity contribution >= 4 is 16.9 Å². The van der Waals surface area contributed by atoms with Crippen LogP contribution in [0.15, 0.2) is 36.5 Å². The van der Waals surface area contributed by atoms with Gasteiger partial charge in [0.05, 0.1) is 17.6 Å². The Kier molecular flexibility index (Phi) is 2.52. The molecule has 0 fully saturated rings. The molecule has 0 spiro atoms. The Hall–Kier alpha value is -2.69. The van der Waals surface area contributed by atoms with Crippen LogP contribution in [0.5, 0.6) is 0 Å². The number of aromatic carboxylic acids is 1. The number of nitrogens with zero attached hydrogens (tertiary/aromatic N) is 2. The number of aromatic nitrogens is 3. The van der Waals surface area contributed by atoms with Gasteiger partial charge in [0.15, 0.2) is 5.69 Å². The quantitative estimate of drug-likeness (QED) is 0.735. The fourth-order valence-corrected chi connectivity index (χ4v) is 1.99. The third-order valence-corrected chi connectivity index (χ3v) is 2.96. The summed E-state index contributed by atoms with van der Waals surface area (Å²) >= 11 is 0. The summed E-state index contributed by atoms with van der Waals surface area (Å²) in [6, 6.07) is 9.75. The molecular formula is C14H11N3O2. The highest BCUT2D eigenvalue weighted by Gasteiger charge is 2.13. The molecule has 0 aliphatic heterocycles. The standard InChI is InChI=1S/C14H11N3O2/c1-8-13(14(18)19)17-12(7-15-8)11-6-9-4-2-3-5-10(9)16-11/h2-7,16H,1H3,(H,18,19). The number of aromatic amines is 1. The van der Waals surface area contributed by atoms with Crippen LogP contribution in [-0.2, 0) is 0 Å². The average molecular weight is 253 g/mol. The lowest BCUT2D eigenvalue weighted by Gasteiger charge is -2.01. The molecule has 0 saturated heterocycles. The lowest BCUT2D eigenvalue weighted by atomic mass is 10.2. The second-order valence-corrected chi connectivity index (χ2v) is 4.26. The molecule has 0 aliphatic rings. The number of benzene rings is 1. The van der Waals surface area contributed by atoms with E-state index in [1.165, 1.54) is 0 Å². The van der Waals surface area contributed by atoms with E-state index in [4.69, 9.17) is 5.11 Å². The fourth-order valence-electron chi connectivity index (χ4n) is 1.99. The van der Waals surface area contributed by atoms with Crippen LogP contribution in [0, 0.1) is 6.92 Å². The highest BCUT2D eigenvalue weighted by Crippen LogP contribution is 2.22. The Bertz CT molecular complexity index is 744. The molecule has 0 aliphatic carbocycles. The van der Waals surface area contributed by atoms with Crippen molar-refractivity contribution < 1.29 is 9.90 Å². The molecule has 5 heteroatoms. The second-order valence-electron chi connectivity index (χ2n) is 4.26. The van der Waals surface area contributed by atoms with Gasteiger partial charge in [0, 0.05) is 10.9 Å². The molecule has 3 rings (SSSR count). The van der Waals surface area contributed by atoms with Gasteiger partial charge in [-0.05, 0) is 19.1 Å². The van der Waals surface area contributed by atoms with Gasteiger partial charge >= 0.3 is 5.97 Å². The first kappa shape index (κ1) is 11.4. The zero-order valence-electron chi connectivity index (χ0n) is 10.2. The van der Waals surface area contributed by atoms with E-state index in [1.54, 1.807) is 13.1 Å². The number of hydrogen-bond donors (Lipinski definition) is 2. The first-order valence-corrected chi connectivity index (χ1v) is 5.80. The van der Waals surface area contributed by atoms with Crippen LogP contribution >= 0.6 is 0 Å². The van der Waals surface area contributed by atoms with Crippen LogP contribution in [0.1, 0.15) is 16.2 Å². The van der Waals surface area contributed by atoms with Crippen LogP contribution in [0.4, 0.5) is 0 Å². The maximum Gasteiger partial charge on any atom is 0.356 e. The van der Waals surface area contributed by atoms with Crippen molar-refractivity contribution in [2.45, 2.75) is 6.92 Å². The summed E-state index contributed by atoms with van der Waals surface area (Å²) in [6.07, 6.45) is 1.58. The smallest absolute Gasteiger partial charge is 0.356 e. The summed E-state index contributed by atoms with van der Waals surface area (Å²) in [5, 5.41) is 10.1. The van der Waals surface area contributed by atoms with Gasteiger partial charge in [-0.25, -0.2) is 9.78 Å². The molecule has 0 unspecified atom stereocenters. The Balaban J connectivity index is 2.16. The lowest BCUT2D eigenvalue weighted by molar-refractivity contribution is 0.0689. The van der Waals surface area contributed by atoms with Crippen molar-refractivity contribution in [3.05, 3.63) is 47.9 Å². The number of carboxylic acid groups (broad SMARTS) is 1. The Morgan fingerprint density at radius 3 is 2.84 bits per heavy atom. The van der Waals surface area contributed by atoms with E-state index in [1.807, 2.05) is 30.3 Å². The SMILES string of the molecule is Cc1ncc(-c2cc3ccccc3[nH]2)nc1C(=O)O. The predicted octanol–water partition coefficient (Wildman–Crippen LogP) is 2.63. The third-order valence-electron chi connectivity index (χ3n) is 2.96. The predicted molar refractivity (Wildman–Crippen MR) is 71.0 cm³/mol. The minimum atomic E-state index is -1.07. The molecule has 94 valence electrons. The van der Waals surface area contributed by atoms with Gasteiger partial charge in [-0.2, -0.15) is 0 Å². The van der Waals surface area contributed by atoms with E-state index in [2.05, 4.69) is 15.0 Å². The highest BCUT2D eigenvalue weighted by molar-refractivity contribution is 5.88. The Morgan fingerprint density at radius 2 is 2.11 bits per heavy atom. The topological polar surface area (TPSA) is 78.9 Å². The number of rotatable bonds is 2. The van der Waals surface area contributed by atoms with E-state index in [0.717, 1.165) is 16.6 Å². The normalized spacial score (nSPS) is 10.8. The molecule has 0 bridgehead atoms. The zero-order valence-corrected chi connectivity index (χ0v) is 10.2. The van der Waals surface area contributed by atoms with Gasteiger partial charge in [-0.1, -0.05) is 18.2 Å². The summed E-state index contributed by atoms with van der Waals surface area (Å²) < 4.78 is 0. The molecule has 2 aromatic heterocycles. The number of hydrogen-bond acceptors (Lipinski definition) is 3. The maximum absolute atomic E-state index is 11.1. The molecule has 1 aromatic carbocycles. The first-order chi connectivity index (χ1) is 9.15. The lowest BCUT2D eigenvalue weighted by Crippen LogP contribution is -2.06. The molecule has 0 amide bonds. The molecule has 5 nitrogen and oxygen atoms in total. The van der Waals surface area contributed by atoms with Gasteiger partial charge in [-0.3, -0.25) is 4.98 Å². The van der Waals surface area contributed by atoms with E-state index in [0.29, 0.717) is 11.4 Å². The fraction of sp³-hybridized carbons (Fsp3) is 0.0714. The number of fused-ring (bicyclic) bond motifs is 1. The van der Waals surface area contributed by atoms with E-state index >= 15 is 0 Å². The second kappa shape index (κ2) is 4.20. The van der Waals surface area contributed by atoms with Crippen LogP contribution in [0.3, 0.4) is 0 Å². The summed E-state index contributed by atoms with van der Waals surface area (Å²) in [7, 11) is 0. The van der Waals surface area contributed by atoms with Crippen molar-refractivity contribution in [2.75, 3.05) is 0 Å². The number of carbonyl (C=O) groups is 1. The van der Waals surface area contributed by atoms with Crippen molar-refractivity contribution in [2.24, 2.45) is 0 Å². The van der Waals surface area contributed by atoms with Crippen molar-refractivity contribution in [1.29, 1.82) is 0 Å². The van der Waals surface area contributed by atoms with Crippen LogP contribution in [0.2, 0.25) is 0 Å². The van der Waals surface area contributed by atoms with E-state index in [-0.39, 0.29) is 5.69 Å². The zero-order chi connectivity index (χ0) is 13.4. The Morgan fingerprint density at radius 1 is 1.32 bits per heavy atom. The van der Waals surface area contributed by atoms with Gasteiger partial charge in [0.1, 0.15) is 5.69 Å². The van der Waals surface area contributed by atoms with E-state index < -0.39 is 5.97 Å². The van der Waals surface area contributed by atoms with Crippen molar-refractivity contribution in [3.8, 4) is 11.4 Å². The van der Waals surface area contributed by atoms with Gasteiger partial charge in [0.25, 0.3) is 0 Å². The molecule has 0 radical (unpaired) electrons. The summed E-state index contributed by atoms with van der Waals surface area (Å²) in [6.45, 7) is 1.63. The van der Waals surface area contributed by atoms with Crippen LogP contribution < -0.4 is 0 Å². The summed E-state index contributed by atoms with van der Waals surface area (Å²) in [5.41, 5.74) is 2.66. The number of nitrogens with one attached hydrogen (secondary N) is 1. The Labute approximate surface area is 109 Å². The van der Waals surface area contributed by atoms with Crippen molar-refractivity contribution in [1.82, 2.24) is 15.0 Å². The molecule has 19 heavy (non-hydrogen) atoms. The first-order valence-electron chi connectivity index (χ1n) is 5.80. The number of aryl methyl sites for hydroxylation is 1. The number of H-pyrrole nitrogens is 1. The maximum atomic E-state index is 11.1. The molecule has 2 N–H and O–H groups in total. The number of para-hydroxylation sites is 1. The van der Waals surface area contributed by atoms with Crippen LogP contribution in [-0.4, -0.2) is 26.0 Å². The number of carboxylic acids is 1. The van der Waals surface area contributed by atoms with Gasteiger partial charge in [-0.15, -0.1) is 0 Å². The molecule has 2 heterocycles.